The Kier molecular flexibility index (Phi) is 9.12. The molecule has 220 valence electrons. The van der Waals surface area contributed by atoms with Crippen molar-refractivity contribution >= 4 is 34.5 Å². The van der Waals surface area contributed by atoms with E-state index in [1.54, 1.807) is 24.5 Å². The third-order valence-electron chi connectivity index (χ3n) is 6.83. The van der Waals surface area contributed by atoms with Gasteiger partial charge in [0.15, 0.2) is 5.82 Å². The summed E-state index contributed by atoms with van der Waals surface area (Å²) in [5.41, 5.74) is 0.754. The van der Waals surface area contributed by atoms with Crippen molar-refractivity contribution in [1.82, 2.24) is 19.9 Å². The van der Waals surface area contributed by atoms with Crippen LogP contribution in [0.25, 0.3) is 22.2 Å². The highest BCUT2D eigenvalue weighted by Gasteiger charge is 2.28. The lowest BCUT2D eigenvalue weighted by molar-refractivity contribution is 0.103. The van der Waals surface area contributed by atoms with Crippen LogP contribution in [0.2, 0.25) is 0 Å². The Morgan fingerprint density at radius 2 is 1.95 bits per heavy atom. The van der Waals surface area contributed by atoms with E-state index in [1.807, 2.05) is 20.2 Å². The van der Waals surface area contributed by atoms with Gasteiger partial charge in [-0.05, 0) is 69.2 Å². The summed E-state index contributed by atoms with van der Waals surface area (Å²) in [5.74, 6) is -3.04. The molecule has 3 aromatic heterocycles. The van der Waals surface area contributed by atoms with E-state index in [0.29, 0.717) is 34.6 Å². The summed E-state index contributed by atoms with van der Waals surface area (Å²) in [4.78, 5) is 27.1. The number of rotatable bonds is 11. The summed E-state index contributed by atoms with van der Waals surface area (Å²) in [6.45, 7) is 1.43. The van der Waals surface area contributed by atoms with Crippen molar-refractivity contribution in [3.05, 3.63) is 83.6 Å². The maximum absolute atomic E-state index is 15.5. The highest BCUT2D eigenvalue weighted by molar-refractivity contribution is 8.01. The van der Waals surface area contributed by atoms with Gasteiger partial charge in [-0.1, -0.05) is 0 Å². The fraction of sp³-hybridized carbons (Fsp3) is 0.300. The average molecular weight is 600 g/mol. The molecule has 0 bridgehead atoms. The number of carbonyl (C=O) groups excluding carboxylic acids is 1. The molecular formula is C30H29F4N5O2S. The molecule has 2 atom stereocenters. The number of hydrogen-bond acceptors (Lipinski definition) is 7. The minimum absolute atomic E-state index is 0.0104. The standard InChI is InChI=1S/C30H29F4N5O2S/c1-39(2)10-3-11-41-26-9-4-17(14-35-26)18-12-20-21(16-37-30(20)36-15-18)29(40)27-23(33)7-8-24(28(27)34)38-42-25-13-19(31)5-6-22(25)32/h4,7-9,12-16,22,25,38H,3,5-6,10-11H2,1-2H3,(H,36,37). The van der Waals surface area contributed by atoms with Crippen LogP contribution in [0.5, 0.6) is 5.88 Å². The first kappa shape index (κ1) is 29.6. The summed E-state index contributed by atoms with van der Waals surface area (Å²) >= 11 is 0.762. The van der Waals surface area contributed by atoms with Gasteiger partial charge in [-0.15, -0.1) is 0 Å². The monoisotopic (exact) mass is 599 g/mol. The molecule has 7 nitrogen and oxygen atoms in total. The Hall–Kier alpha value is -3.90. The molecule has 42 heavy (non-hydrogen) atoms. The van der Waals surface area contributed by atoms with Gasteiger partial charge < -0.3 is 19.3 Å². The van der Waals surface area contributed by atoms with E-state index >= 15 is 4.39 Å². The fourth-order valence-corrected chi connectivity index (χ4v) is 5.48. The Morgan fingerprint density at radius 3 is 2.71 bits per heavy atom. The van der Waals surface area contributed by atoms with Crippen molar-refractivity contribution in [2.24, 2.45) is 0 Å². The molecule has 4 aromatic rings. The number of benzene rings is 1. The molecule has 2 unspecified atom stereocenters. The fourth-order valence-electron chi connectivity index (χ4n) is 4.56. The number of carbonyl (C=O) groups is 1. The SMILES string of the molecule is CN(C)CCCOc1ccc(-c2cnc3[nH]cc(C(=O)c4c(F)ccc(NSC5C=C(F)CCC5F)c4F)c3c2)cn1. The molecule has 3 heterocycles. The number of anilines is 1. The van der Waals surface area contributed by atoms with E-state index < -0.39 is 40.2 Å². The van der Waals surface area contributed by atoms with Gasteiger partial charge in [0.25, 0.3) is 0 Å². The number of nitrogens with one attached hydrogen (secondary N) is 2. The number of alkyl halides is 1. The summed E-state index contributed by atoms with van der Waals surface area (Å²) in [5, 5.41) is -0.519. The zero-order chi connectivity index (χ0) is 29.8. The van der Waals surface area contributed by atoms with Crippen LogP contribution in [0.4, 0.5) is 23.2 Å². The van der Waals surface area contributed by atoms with E-state index in [2.05, 4.69) is 24.6 Å². The lowest BCUT2D eigenvalue weighted by atomic mass is 10.00. The molecule has 1 aliphatic carbocycles. The van der Waals surface area contributed by atoms with Crippen LogP contribution in [0.1, 0.15) is 35.2 Å². The topological polar surface area (TPSA) is 83.1 Å². The molecule has 0 fully saturated rings. The number of aromatic nitrogens is 3. The normalized spacial score (nSPS) is 17.0. The first-order chi connectivity index (χ1) is 20.2. The van der Waals surface area contributed by atoms with E-state index in [1.165, 1.54) is 6.20 Å². The van der Waals surface area contributed by atoms with E-state index in [9.17, 15) is 18.0 Å². The molecule has 0 aliphatic heterocycles. The molecule has 5 rings (SSSR count). The van der Waals surface area contributed by atoms with Crippen molar-refractivity contribution in [2.75, 3.05) is 32.0 Å². The van der Waals surface area contributed by atoms with E-state index in [4.69, 9.17) is 4.74 Å². The van der Waals surface area contributed by atoms with Crippen molar-refractivity contribution in [3.63, 3.8) is 0 Å². The number of allylic oxidation sites excluding steroid dienone is 1. The molecule has 1 aromatic carbocycles. The molecule has 12 heteroatoms. The zero-order valence-corrected chi connectivity index (χ0v) is 23.8. The number of H-pyrrole nitrogens is 1. The number of aromatic amines is 1. The molecule has 1 aliphatic rings. The summed E-state index contributed by atoms with van der Waals surface area (Å²) < 4.78 is 66.4. The second-order valence-corrected chi connectivity index (χ2v) is 11.2. The minimum atomic E-state index is -1.33. The molecule has 0 saturated heterocycles. The molecule has 0 spiro atoms. The maximum Gasteiger partial charge on any atom is 0.213 e. The van der Waals surface area contributed by atoms with Crippen LogP contribution < -0.4 is 9.46 Å². The van der Waals surface area contributed by atoms with Crippen molar-refractivity contribution in [2.45, 2.75) is 30.7 Å². The summed E-state index contributed by atoms with van der Waals surface area (Å²) in [6, 6.07) is 7.31. The lowest BCUT2D eigenvalue weighted by Gasteiger charge is -2.22. The Bertz CT molecular complexity index is 1610. The van der Waals surface area contributed by atoms with Crippen molar-refractivity contribution in [3.8, 4) is 17.0 Å². The quantitative estimate of drug-likeness (QED) is 0.0842. The molecule has 2 N–H and O–H groups in total. The second kappa shape index (κ2) is 13.0. The number of fused-ring (bicyclic) bond motifs is 1. The van der Waals surface area contributed by atoms with Crippen LogP contribution in [0, 0.1) is 11.6 Å². The third kappa shape index (κ3) is 6.60. The van der Waals surface area contributed by atoms with Crippen LogP contribution in [-0.2, 0) is 0 Å². The van der Waals surface area contributed by atoms with Crippen LogP contribution in [0.15, 0.2) is 60.8 Å². The minimum Gasteiger partial charge on any atom is -0.478 e. The second-order valence-electron chi connectivity index (χ2n) is 10.2. The molecule has 0 saturated carbocycles. The molecule has 0 amide bonds. The Labute approximate surface area is 244 Å². The smallest absolute Gasteiger partial charge is 0.213 e. The van der Waals surface area contributed by atoms with Gasteiger partial charge >= 0.3 is 0 Å². The van der Waals surface area contributed by atoms with Gasteiger partial charge in [0.05, 0.1) is 28.9 Å². The third-order valence-corrected chi connectivity index (χ3v) is 7.87. The number of ether oxygens (including phenoxy) is 1. The average Bonchev–Trinajstić information content (AvgIpc) is 3.40. The Balaban J connectivity index is 1.36. The largest absolute Gasteiger partial charge is 0.478 e. The number of ketones is 1. The molecular weight excluding hydrogens is 570 g/mol. The Morgan fingerprint density at radius 1 is 1.14 bits per heavy atom. The van der Waals surface area contributed by atoms with Gasteiger partial charge in [-0.3, -0.25) is 4.79 Å². The van der Waals surface area contributed by atoms with Gasteiger partial charge in [0, 0.05) is 59.7 Å². The van der Waals surface area contributed by atoms with Crippen molar-refractivity contribution < 1.29 is 27.1 Å². The predicted molar refractivity (Wildman–Crippen MR) is 156 cm³/mol. The molecule has 0 radical (unpaired) electrons. The van der Waals surface area contributed by atoms with Gasteiger partial charge in [0.1, 0.15) is 17.6 Å². The van der Waals surface area contributed by atoms with Gasteiger partial charge in [0.2, 0.25) is 11.7 Å². The number of hydrogen-bond donors (Lipinski definition) is 2. The lowest BCUT2D eigenvalue weighted by Crippen LogP contribution is -2.22. The van der Waals surface area contributed by atoms with E-state index in [-0.39, 0.29) is 24.1 Å². The highest BCUT2D eigenvalue weighted by Crippen LogP contribution is 2.34. The first-order valence-electron chi connectivity index (χ1n) is 13.4. The summed E-state index contributed by atoms with van der Waals surface area (Å²) in [6.07, 6.45) is 5.27. The van der Waals surface area contributed by atoms with Gasteiger partial charge in [-0.2, -0.15) is 0 Å². The van der Waals surface area contributed by atoms with Crippen LogP contribution in [0.3, 0.4) is 0 Å². The number of halogens is 4. The number of nitrogens with zero attached hydrogens (tertiary/aromatic N) is 3. The summed E-state index contributed by atoms with van der Waals surface area (Å²) in [7, 11) is 3.98. The van der Waals surface area contributed by atoms with E-state index in [0.717, 1.165) is 43.1 Å². The maximum atomic E-state index is 15.5. The van der Waals surface area contributed by atoms with Gasteiger partial charge in [-0.25, -0.2) is 27.5 Å². The first-order valence-corrected chi connectivity index (χ1v) is 14.2. The predicted octanol–water partition coefficient (Wildman–Crippen LogP) is 6.88. The van der Waals surface area contributed by atoms with Crippen LogP contribution in [-0.4, -0.2) is 64.3 Å². The van der Waals surface area contributed by atoms with Crippen molar-refractivity contribution in [1.29, 1.82) is 0 Å². The number of pyridine rings is 2. The zero-order valence-electron chi connectivity index (χ0n) is 23.0. The van der Waals surface area contributed by atoms with Crippen LogP contribution >= 0.6 is 11.9 Å². The highest BCUT2D eigenvalue weighted by atomic mass is 32.2.